The highest BCUT2D eigenvalue weighted by Crippen LogP contribution is 2.22. The predicted molar refractivity (Wildman–Crippen MR) is 79.0 cm³/mol. The molecule has 1 aromatic carbocycles. The summed E-state index contributed by atoms with van der Waals surface area (Å²) in [6, 6.07) is 8.10. The molecule has 0 aliphatic carbocycles. The van der Waals surface area contributed by atoms with Gasteiger partial charge in [-0.1, -0.05) is 23.7 Å². The molecule has 1 heterocycles. The lowest BCUT2D eigenvalue weighted by molar-refractivity contribution is 0.411. The molecule has 0 fully saturated rings. The average molecular weight is 277 g/mol. The van der Waals surface area contributed by atoms with Crippen molar-refractivity contribution in [2.75, 3.05) is 12.4 Å². The summed E-state index contributed by atoms with van der Waals surface area (Å²) in [5.74, 6) is 0.902. The summed E-state index contributed by atoms with van der Waals surface area (Å²) in [5.41, 5.74) is 4.24. The van der Waals surface area contributed by atoms with Crippen molar-refractivity contribution in [1.29, 1.82) is 0 Å². The number of nitrogens with zero attached hydrogens (tertiary/aromatic N) is 1. The van der Waals surface area contributed by atoms with Gasteiger partial charge in [0.05, 0.1) is 12.8 Å². The van der Waals surface area contributed by atoms with Crippen LogP contribution in [-0.2, 0) is 6.54 Å². The Hall–Kier alpha value is -1.74. The van der Waals surface area contributed by atoms with Crippen molar-refractivity contribution in [3.8, 4) is 5.75 Å². The molecule has 2 rings (SSSR count). The van der Waals surface area contributed by atoms with Crippen molar-refractivity contribution in [2.24, 2.45) is 0 Å². The maximum absolute atomic E-state index is 6.05. The van der Waals surface area contributed by atoms with Gasteiger partial charge in [0.1, 0.15) is 5.75 Å². The second-order valence-corrected chi connectivity index (χ2v) is 4.87. The molecular weight excluding hydrogens is 260 g/mol. The summed E-state index contributed by atoms with van der Waals surface area (Å²) in [4.78, 5) is 4.12. The lowest BCUT2D eigenvalue weighted by Gasteiger charge is -2.10. The minimum absolute atomic E-state index is 0.496. The molecule has 0 saturated heterocycles. The van der Waals surface area contributed by atoms with Crippen LogP contribution in [0.3, 0.4) is 0 Å². The van der Waals surface area contributed by atoms with Crippen LogP contribution in [0.2, 0.25) is 5.15 Å². The second-order valence-electron chi connectivity index (χ2n) is 4.51. The molecular formula is C15H17ClN2O. The Morgan fingerprint density at radius 3 is 2.74 bits per heavy atom. The zero-order valence-corrected chi connectivity index (χ0v) is 12.1. The smallest absolute Gasteiger partial charge is 0.152 e. The molecule has 1 N–H and O–H groups in total. The quantitative estimate of drug-likeness (QED) is 0.858. The fraction of sp³-hybridized carbons (Fsp3) is 0.267. The number of pyridine rings is 1. The van der Waals surface area contributed by atoms with Crippen LogP contribution in [0.4, 0.5) is 5.69 Å². The number of hydrogen-bond donors (Lipinski definition) is 1. The van der Waals surface area contributed by atoms with E-state index in [4.69, 9.17) is 16.3 Å². The number of aromatic nitrogens is 1. The average Bonchev–Trinajstić information content (AvgIpc) is 2.40. The molecule has 0 bridgehead atoms. The first kappa shape index (κ1) is 13.7. The summed E-state index contributed by atoms with van der Waals surface area (Å²) in [6.45, 7) is 4.73. The molecule has 0 spiro atoms. The zero-order chi connectivity index (χ0) is 13.8. The summed E-state index contributed by atoms with van der Waals surface area (Å²) in [7, 11) is 1.68. The number of anilines is 1. The van der Waals surface area contributed by atoms with E-state index in [1.54, 1.807) is 13.3 Å². The van der Waals surface area contributed by atoms with Crippen LogP contribution in [0.1, 0.15) is 16.7 Å². The molecule has 0 atom stereocenters. The molecule has 0 unspecified atom stereocenters. The lowest BCUT2D eigenvalue weighted by Crippen LogP contribution is -2.02. The fourth-order valence-corrected chi connectivity index (χ4v) is 2.09. The van der Waals surface area contributed by atoms with E-state index in [2.05, 4.69) is 16.4 Å². The summed E-state index contributed by atoms with van der Waals surface area (Å²) in [6.07, 6.45) is 1.76. The van der Waals surface area contributed by atoms with E-state index in [0.717, 1.165) is 22.6 Å². The maximum atomic E-state index is 6.05. The van der Waals surface area contributed by atoms with Crippen molar-refractivity contribution < 1.29 is 4.74 Å². The highest BCUT2D eigenvalue weighted by molar-refractivity contribution is 6.31. The molecule has 3 nitrogen and oxygen atoms in total. The zero-order valence-electron chi connectivity index (χ0n) is 11.3. The van der Waals surface area contributed by atoms with E-state index in [0.29, 0.717) is 11.7 Å². The summed E-state index contributed by atoms with van der Waals surface area (Å²) in [5, 5.41) is 3.80. The Kier molecular flexibility index (Phi) is 4.27. The molecule has 0 amide bonds. The summed E-state index contributed by atoms with van der Waals surface area (Å²) < 4.78 is 5.25. The Bertz CT molecular complexity index is 584. The first-order chi connectivity index (χ1) is 9.10. The third kappa shape index (κ3) is 3.38. The van der Waals surface area contributed by atoms with E-state index < -0.39 is 0 Å². The number of rotatable bonds is 4. The van der Waals surface area contributed by atoms with Gasteiger partial charge in [-0.15, -0.1) is 0 Å². The Morgan fingerprint density at radius 1 is 1.26 bits per heavy atom. The Balaban J connectivity index is 2.10. The Morgan fingerprint density at radius 2 is 2.05 bits per heavy atom. The van der Waals surface area contributed by atoms with E-state index in [1.165, 1.54) is 5.56 Å². The number of aryl methyl sites for hydroxylation is 2. The van der Waals surface area contributed by atoms with E-state index >= 15 is 0 Å². The Labute approximate surface area is 118 Å². The lowest BCUT2D eigenvalue weighted by atomic mass is 10.1. The molecule has 0 aliphatic heterocycles. The van der Waals surface area contributed by atoms with Crippen LogP contribution < -0.4 is 10.1 Å². The molecule has 0 saturated carbocycles. The molecule has 1 aromatic heterocycles. The van der Waals surface area contributed by atoms with Crippen molar-refractivity contribution in [1.82, 2.24) is 4.98 Å². The number of ether oxygens (including phenoxy) is 1. The molecule has 2 aromatic rings. The first-order valence-corrected chi connectivity index (χ1v) is 6.47. The standard InChI is InChI=1S/C15H17ClN2O/c1-10-6-13(15(16)18-8-10)17-9-12-4-5-14(19-3)11(2)7-12/h4-8,17H,9H2,1-3H3. The van der Waals surface area contributed by atoms with Crippen molar-refractivity contribution in [3.05, 3.63) is 52.3 Å². The van der Waals surface area contributed by atoms with Gasteiger partial charge in [-0.05, 0) is 42.7 Å². The van der Waals surface area contributed by atoms with Crippen LogP contribution in [0.25, 0.3) is 0 Å². The fourth-order valence-electron chi connectivity index (χ4n) is 1.92. The number of nitrogens with one attached hydrogen (secondary N) is 1. The predicted octanol–water partition coefficient (Wildman–Crippen LogP) is 3.97. The van der Waals surface area contributed by atoms with Gasteiger partial charge in [-0.2, -0.15) is 0 Å². The van der Waals surface area contributed by atoms with Gasteiger partial charge >= 0.3 is 0 Å². The van der Waals surface area contributed by atoms with Crippen LogP contribution in [0.15, 0.2) is 30.5 Å². The minimum atomic E-state index is 0.496. The second kappa shape index (κ2) is 5.93. The third-order valence-corrected chi connectivity index (χ3v) is 3.22. The highest BCUT2D eigenvalue weighted by Gasteiger charge is 2.03. The van der Waals surface area contributed by atoms with Gasteiger partial charge in [0.25, 0.3) is 0 Å². The number of methoxy groups -OCH3 is 1. The van der Waals surface area contributed by atoms with Gasteiger partial charge in [0.15, 0.2) is 5.15 Å². The van der Waals surface area contributed by atoms with Gasteiger partial charge in [0, 0.05) is 12.7 Å². The van der Waals surface area contributed by atoms with E-state index in [-0.39, 0.29) is 0 Å². The molecule has 0 aliphatic rings. The highest BCUT2D eigenvalue weighted by atomic mass is 35.5. The number of hydrogen-bond acceptors (Lipinski definition) is 3. The molecule has 0 radical (unpaired) electrons. The van der Waals surface area contributed by atoms with Gasteiger partial charge in [-0.3, -0.25) is 0 Å². The van der Waals surface area contributed by atoms with Crippen LogP contribution in [-0.4, -0.2) is 12.1 Å². The maximum Gasteiger partial charge on any atom is 0.152 e. The van der Waals surface area contributed by atoms with Crippen LogP contribution in [0, 0.1) is 13.8 Å². The molecule has 19 heavy (non-hydrogen) atoms. The van der Waals surface area contributed by atoms with Crippen LogP contribution in [0.5, 0.6) is 5.75 Å². The third-order valence-electron chi connectivity index (χ3n) is 2.92. The topological polar surface area (TPSA) is 34.1 Å². The molecule has 4 heteroatoms. The van der Waals surface area contributed by atoms with Crippen molar-refractivity contribution >= 4 is 17.3 Å². The largest absolute Gasteiger partial charge is 0.496 e. The summed E-state index contributed by atoms with van der Waals surface area (Å²) >= 11 is 6.05. The van der Waals surface area contributed by atoms with E-state index in [1.807, 2.05) is 32.0 Å². The van der Waals surface area contributed by atoms with Crippen molar-refractivity contribution in [3.63, 3.8) is 0 Å². The van der Waals surface area contributed by atoms with Gasteiger partial charge in [-0.25, -0.2) is 4.98 Å². The monoisotopic (exact) mass is 276 g/mol. The van der Waals surface area contributed by atoms with Crippen molar-refractivity contribution in [2.45, 2.75) is 20.4 Å². The first-order valence-electron chi connectivity index (χ1n) is 6.09. The number of halogens is 1. The molecule has 100 valence electrons. The minimum Gasteiger partial charge on any atom is -0.496 e. The SMILES string of the molecule is COc1ccc(CNc2cc(C)cnc2Cl)cc1C. The van der Waals surface area contributed by atoms with E-state index in [9.17, 15) is 0 Å². The van der Waals surface area contributed by atoms with Gasteiger partial charge in [0.2, 0.25) is 0 Å². The number of benzene rings is 1. The van der Waals surface area contributed by atoms with Crippen LogP contribution >= 0.6 is 11.6 Å². The van der Waals surface area contributed by atoms with Gasteiger partial charge < -0.3 is 10.1 Å². The normalized spacial score (nSPS) is 10.3.